The number of carbonyl (C=O) groups excluding carboxylic acids is 1. The molecule has 1 aliphatic rings. The van der Waals surface area contributed by atoms with Gasteiger partial charge < -0.3 is 21.2 Å². The van der Waals surface area contributed by atoms with Crippen molar-refractivity contribution in [1.82, 2.24) is 10.2 Å². The summed E-state index contributed by atoms with van der Waals surface area (Å²) in [6, 6.07) is 0.186. The Morgan fingerprint density at radius 3 is 2.53 bits per heavy atom. The molecule has 110 valence electrons. The van der Waals surface area contributed by atoms with E-state index in [1.165, 1.54) is 0 Å². The van der Waals surface area contributed by atoms with E-state index in [1.807, 2.05) is 0 Å². The molecule has 0 aliphatic carbocycles. The highest BCUT2D eigenvalue weighted by atomic mass is 16.4. The average Bonchev–Trinajstić information content (AvgIpc) is 2.40. The van der Waals surface area contributed by atoms with E-state index in [4.69, 9.17) is 10.9 Å². The Balaban J connectivity index is 2.47. The third-order valence-corrected chi connectivity index (χ3v) is 3.78. The second-order valence-corrected chi connectivity index (χ2v) is 5.70. The number of oxime groups is 1. The number of carbonyl (C=O) groups is 1. The third kappa shape index (κ3) is 4.09. The summed E-state index contributed by atoms with van der Waals surface area (Å²) in [5.41, 5.74) is 4.57. The summed E-state index contributed by atoms with van der Waals surface area (Å²) < 4.78 is 0. The highest BCUT2D eigenvalue weighted by molar-refractivity contribution is 6.05. The minimum absolute atomic E-state index is 0.0616. The monoisotopic (exact) mass is 270 g/mol. The molecule has 6 nitrogen and oxygen atoms in total. The molecule has 1 saturated heterocycles. The van der Waals surface area contributed by atoms with Crippen molar-refractivity contribution >= 4 is 11.7 Å². The van der Waals surface area contributed by atoms with Crippen LogP contribution in [-0.4, -0.2) is 47.5 Å². The van der Waals surface area contributed by atoms with Crippen molar-refractivity contribution in [3.8, 4) is 0 Å². The molecule has 1 amide bonds. The van der Waals surface area contributed by atoms with Crippen molar-refractivity contribution in [1.29, 1.82) is 0 Å². The number of hydrogen-bond acceptors (Lipinski definition) is 4. The van der Waals surface area contributed by atoms with Gasteiger partial charge in [0.2, 0.25) is 5.91 Å². The molecule has 0 saturated carbocycles. The van der Waals surface area contributed by atoms with Gasteiger partial charge in [0.1, 0.15) is 5.41 Å². The van der Waals surface area contributed by atoms with Gasteiger partial charge in [-0.25, -0.2) is 0 Å². The first-order valence-corrected chi connectivity index (χ1v) is 6.93. The fraction of sp³-hybridized carbons (Fsp3) is 0.846. The second-order valence-electron chi connectivity index (χ2n) is 5.70. The van der Waals surface area contributed by atoms with Crippen LogP contribution in [0.5, 0.6) is 0 Å². The molecular weight excluding hydrogens is 244 g/mol. The summed E-state index contributed by atoms with van der Waals surface area (Å²) in [5.74, 6) is -0.245. The van der Waals surface area contributed by atoms with Gasteiger partial charge in [-0.2, -0.15) is 0 Å². The predicted octanol–water partition coefficient (Wildman–Crippen LogP) is 0.750. The minimum atomic E-state index is -0.977. The van der Waals surface area contributed by atoms with E-state index in [1.54, 1.807) is 13.8 Å². The zero-order chi connectivity index (χ0) is 14.5. The molecule has 0 bridgehead atoms. The minimum Gasteiger partial charge on any atom is -0.409 e. The Bertz CT molecular complexity index is 334. The lowest BCUT2D eigenvalue weighted by Gasteiger charge is -2.33. The van der Waals surface area contributed by atoms with Gasteiger partial charge in [0.25, 0.3) is 0 Å². The van der Waals surface area contributed by atoms with Crippen LogP contribution in [0.25, 0.3) is 0 Å². The maximum absolute atomic E-state index is 12.1. The predicted molar refractivity (Wildman–Crippen MR) is 75.1 cm³/mol. The fourth-order valence-corrected chi connectivity index (χ4v) is 2.22. The topological polar surface area (TPSA) is 91.0 Å². The molecule has 0 unspecified atom stereocenters. The van der Waals surface area contributed by atoms with Gasteiger partial charge in [-0.15, -0.1) is 0 Å². The summed E-state index contributed by atoms with van der Waals surface area (Å²) in [4.78, 5) is 14.6. The quantitative estimate of drug-likeness (QED) is 0.297. The normalized spacial score (nSPS) is 19.4. The Morgan fingerprint density at radius 2 is 2.05 bits per heavy atom. The highest BCUT2D eigenvalue weighted by Crippen LogP contribution is 2.18. The van der Waals surface area contributed by atoms with Crippen molar-refractivity contribution in [3.63, 3.8) is 0 Å². The number of amides is 1. The number of nitrogens with two attached hydrogens (primary N) is 1. The molecule has 0 radical (unpaired) electrons. The van der Waals surface area contributed by atoms with E-state index < -0.39 is 5.41 Å². The summed E-state index contributed by atoms with van der Waals surface area (Å²) in [6.07, 6.45) is 3.07. The Kier molecular flexibility index (Phi) is 5.60. The first-order valence-electron chi connectivity index (χ1n) is 6.93. The molecule has 19 heavy (non-hydrogen) atoms. The number of nitrogens with zero attached hydrogens (tertiary/aromatic N) is 2. The van der Waals surface area contributed by atoms with Crippen molar-refractivity contribution in [2.45, 2.75) is 46.1 Å². The lowest BCUT2D eigenvalue weighted by atomic mass is 9.90. The number of hydrogen-bond donors (Lipinski definition) is 3. The van der Waals surface area contributed by atoms with E-state index in [-0.39, 0.29) is 17.8 Å². The maximum atomic E-state index is 12.1. The van der Waals surface area contributed by atoms with Crippen LogP contribution in [0.1, 0.15) is 40.0 Å². The molecule has 1 heterocycles. The summed E-state index contributed by atoms with van der Waals surface area (Å²) in [7, 11) is 0. The van der Waals surface area contributed by atoms with Crippen LogP contribution >= 0.6 is 0 Å². The van der Waals surface area contributed by atoms with Crippen molar-refractivity contribution < 1.29 is 10.0 Å². The number of likely N-dealkylation sites (tertiary alicyclic amines) is 1. The van der Waals surface area contributed by atoms with Gasteiger partial charge in [0, 0.05) is 19.1 Å². The Hall–Kier alpha value is -1.30. The van der Waals surface area contributed by atoms with E-state index in [2.05, 4.69) is 22.3 Å². The lowest BCUT2D eigenvalue weighted by Crippen LogP contribution is -2.51. The van der Waals surface area contributed by atoms with Crippen molar-refractivity contribution in [3.05, 3.63) is 0 Å². The number of nitrogens with one attached hydrogen (secondary N) is 1. The van der Waals surface area contributed by atoms with Gasteiger partial charge in [-0.1, -0.05) is 12.1 Å². The molecule has 0 spiro atoms. The number of amidine groups is 1. The molecule has 1 rings (SSSR count). The molecule has 4 N–H and O–H groups in total. The number of piperidine rings is 1. The number of rotatable bonds is 5. The highest BCUT2D eigenvalue weighted by Gasteiger charge is 2.34. The Labute approximate surface area is 115 Å². The first kappa shape index (κ1) is 15.8. The molecule has 1 aliphatic heterocycles. The van der Waals surface area contributed by atoms with E-state index in [9.17, 15) is 4.79 Å². The first-order chi connectivity index (χ1) is 8.91. The van der Waals surface area contributed by atoms with E-state index in [0.29, 0.717) is 0 Å². The molecule has 0 atom stereocenters. The molecule has 1 fully saturated rings. The zero-order valence-electron chi connectivity index (χ0n) is 12.1. The Morgan fingerprint density at radius 1 is 1.47 bits per heavy atom. The summed E-state index contributed by atoms with van der Waals surface area (Å²) in [6.45, 7) is 8.64. The van der Waals surface area contributed by atoms with Crippen molar-refractivity contribution in [2.24, 2.45) is 16.3 Å². The van der Waals surface area contributed by atoms with Gasteiger partial charge in [-0.3, -0.25) is 4.79 Å². The SMILES string of the molecule is CCCN1CCC(NC(=O)C(C)(C)C(N)=NO)CC1. The molecule has 0 aromatic carbocycles. The molecular formula is C13H26N4O2. The van der Waals surface area contributed by atoms with E-state index in [0.717, 1.165) is 38.9 Å². The smallest absolute Gasteiger partial charge is 0.233 e. The average molecular weight is 270 g/mol. The van der Waals surface area contributed by atoms with Crippen LogP contribution in [-0.2, 0) is 4.79 Å². The van der Waals surface area contributed by atoms with Crippen LogP contribution in [0, 0.1) is 5.41 Å². The molecule has 6 heteroatoms. The van der Waals surface area contributed by atoms with Gasteiger partial charge in [0.15, 0.2) is 5.84 Å². The van der Waals surface area contributed by atoms with E-state index >= 15 is 0 Å². The fourth-order valence-electron chi connectivity index (χ4n) is 2.22. The maximum Gasteiger partial charge on any atom is 0.233 e. The lowest BCUT2D eigenvalue weighted by molar-refractivity contribution is -0.127. The third-order valence-electron chi connectivity index (χ3n) is 3.78. The van der Waals surface area contributed by atoms with Crippen LogP contribution in [0.15, 0.2) is 5.16 Å². The molecule has 0 aromatic rings. The van der Waals surface area contributed by atoms with Gasteiger partial charge in [-0.05, 0) is 39.7 Å². The van der Waals surface area contributed by atoms with Crippen LogP contribution in [0.2, 0.25) is 0 Å². The van der Waals surface area contributed by atoms with Gasteiger partial charge in [0.05, 0.1) is 0 Å². The summed E-state index contributed by atoms with van der Waals surface area (Å²) >= 11 is 0. The summed E-state index contributed by atoms with van der Waals surface area (Å²) in [5, 5.41) is 14.6. The zero-order valence-corrected chi connectivity index (χ0v) is 12.1. The van der Waals surface area contributed by atoms with Crippen LogP contribution < -0.4 is 11.1 Å². The van der Waals surface area contributed by atoms with Crippen LogP contribution in [0.3, 0.4) is 0 Å². The van der Waals surface area contributed by atoms with Crippen molar-refractivity contribution in [2.75, 3.05) is 19.6 Å². The largest absolute Gasteiger partial charge is 0.409 e. The van der Waals surface area contributed by atoms with Gasteiger partial charge >= 0.3 is 0 Å². The van der Waals surface area contributed by atoms with Crippen LogP contribution in [0.4, 0.5) is 0 Å². The second kappa shape index (κ2) is 6.75. The standard InChI is InChI=1S/C13H26N4O2/c1-4-7-17-8-5-10(6-9-17)15-12(18)13(2,3)11(14)16-19/h10,19H,4-9H2,1-3H3,(H2,14,16)(H,15,18). The molecule has 0 aromatic heterocycles.